The quantitative estimate of drug-likeness (QED) is 0.380. The maximum Gasteiger partial charge on any atom is 0.107 e. The number of hydrogen-bond acceptors (Lipinski definition) is 2. The highest BCUT2D eigenvalue weighted by atomic mass is 35.5. The molecule has 1 rings (SSSR count). The van der Waals surface area contributed by atoms with Crippen LogP contribution in [0.15, 0.2) is 29.2 Å². The Kier molecular flexibility index (Phi) is 2.60. The Morgan fingerprint density at radius 2 is 2.00 bits per heavy atom. The van der Waals surface area contributed by atoms with E-state index in [0.717, 1.165) is 10.5 Å². The molecule has 0 aliphatic heterocycles. The monoisotopic (exact) mass is 173 g/mol. The molecule has 0 aromatic heterocycles. The second-order valence-corrected chi connectivity index (χ2v) is 2.91. The van der Waals surface area contributed by atoms with Gasteiger partial charge in [0.05, 0.1) is 0 Å². The molecule has 0 amide bonds. The van der Waals surface area contributed by atoms with Crippen molar-refractivity contribution in [2.45, 2.75) is 10.4 Å². The molecule has 0 fully saturated rings. The molecule has 0 radical (unpaired) electrons. The molecule has 0 aliphatic rings. The number of rotatable bonds is 1. The summed E-state index contributed by atoms with van der Waals surface area (Å²) in [6, 6.07) is 7.50. The summed E-state index contributed by atoms with van der Waals surface area (Å²) in [7, 11) is 0. The van der Waals surface area contributed by atoms with E-state index in [4.69, 9.17) is 17.3 Å². The lowest BCUT2D eigenvalue weighted by Gasteiger charge is -2.04. The van der Waals surface area contributed by atoms with Crippen LogP contribution in [0.25, 0.3) is 0 Å². The summed E-state index contributed by atoms with van der Waals surface area (Å²) in [4.78, 5) is 0.838. The summed E-state index contributed by atoms with van der Waals surface area (Å²) in [6.45, 7) is 0. The lowest BCUT2D eigenvalue weighted by molar-refractivity contribution is 0.982. The van der Waals surface area contributed by atoms with Crippen LogP contribution in [0.3, 0.4) is 0 Å². The fraction of sp³-hybridized carbons (Fsp3) is 0.143. The minimum atomic E-state index is -0.450. The van der Waals surface area contributed by atoms with Gasteiger partial charge >= 0.3 is 0 Å². The Balaban J connectivity index is 3.03. The van der Waals surface area contributed by atoms with E-state index in [1.807, 2.05) is 24.3 Å². The van der Waals surface area contributed by atoms with Gasteiger partial charge in [0, 0.05) is 4.90 Å². The summed E-state index contributed by atoms with van der Waals surface area (Å²) >= 11 is 9.81. The van der Waals surface area contributed by atoms with Gasteiger partial charge in [-0.25, -0.2) is 0 Å². The van der Waals surface area contributed by atoms with E-state index >= 15 is 0 Å². The molecule has 1 atom stereocenters. The number of halogens is 1. The predicted molar refractivity (Wildman–Crippen MR) is 46.5 cm³/mol. The van der Waals surface area contributed by atoms with Crippen molar-refractivity contribution in [3.63, 3.8) is 0 Å². The SMILES string of the molecule is NC(Cl)c1ccccc1S. The van der Waals surface area contributed by atoms with E-state index in [0.29, 0.717) is 0 Å². The normalized spacial score (nSPS) is 13.1. The van der Waals surface area contributed by atoms with Gasteiger partial charge < -0.3 is 5.73 Å². The first-order valence-electron chi connectivity index (χ1n) is 2.89. The second kappa shape index (κ2) is 3.28. The van der Waals surface area contributed by atoms with Crippen molar-refractivity contribution in [3.05, 3.63) is 29.8 Å². The van der Waals surface area contributed by atoms with Crippen molar-refractivity contribution < 1.29 is 0 Å². The van der Waals surface area contributed by atoms with Gasteiger partial charge in [-0.05, 0) is 11.6 Å². The number of thiol groups is 1. The third kappa shape index (κ3) is 1.66. The molecule has 3 heteroatoms. The standard InChI is InChI=1S/C7H8ClNS/c8-7(9)5-3-1-2-4-6(5)10/h1-4,7,10H,9H2. The summed E-state index contributed by atoms with van der Waals surface area (Å²) in [5, 5.41) is 0. The van der Waals surface area contributed by atoms with Crippen LogP contribution in [0, 0.1) is 0 Å². The van der Waals surface area contributed by atoms with Crippen LogP contribution in [0.4, 0.5) is 0 Å². The number of nitrogens with two attached hydrogens (primary N) is 1. The van der Waals surface area contributed by atoms with Crippen molar-refractivity contribution in [3.8, 4) is 0 Å². The van der Waals surface area contributed by atoms with Gasteiger partial charge in [0.1, 0.15) is 5.50 Å². The molecule has 10 heavy (non-hydrogen) atoms. The van der Waals surface area contributed by atoms with Crippen molar-refractivity contribution in [2.24, 2.45) is 5.73 Å². The fourth-order valence-corrected chi connectivity index (χ4v) is 1.29. The van der Waals surface area contributed by atoms with E-state index in [-0.39, 0.29) is 0 Å². The van der Waals surface area contributed by atoms with Crippen molar-refractivity contribution in [1.29, 1.82) is 0 Å². The molecule has 1 unspecified atom stereocenters. The van der Waals surface area contributed by atoms with Gasteiger partial charge in [-0.1, -0.05) is 18.2 Å². The third-order valence-corrected chi connectivity index (χ3v) is 1.88. The molecule has 1 nitrogen and oxygen atoms in total. The molecule has 54 valence electrons. The van der Waals surface area contributed by atoms with E-state index in [1.54, 1.807) is 0 Å². The average Bonchev–Trinajstić information content (AvgIpc) is 1.88. The number of alkyl halides is 1. The fourth-order valence-electron chi connectivity index (χ4n) is 0.721. The van der Waals surface area contributed by atoms with Crippen LogP contribution in [0.5, 0.6) is 0 Å². The summed E-state index contributed by atoms with van der Waals surface area (Å²) in [5.41, 5.74) is 5.85. The lowest BCUT2D eigenvalue weighted by atomic mass is 10.2. The van der Waals surface area contributed by atoms with Crippen molar-refractivity contribution in [1.82, 2.24) is 0 Å². The minimum Gasteiger partial charge on any atom is -0.312 e. The first-order chi connectivity index (χ1) is 4.72. The molecule has 0 bridgehead atoms. The van der Waals surface area contributed by atoms with E-state index in [2.05, 4.69) is 12.6 Å². The largest absolute Gasteiger partial charge is 0.312 e. The molecular formula is C7H8ClNS. The van der Waals surface area contributed by atoms with Crippen LogP contribution < -0.4 is 5.73 Å². The average molecular weight is 174 g/mol. The van der Waals surface area contributed by atoms with Gasteiger partial charge in [0.2, 0.25) is 0 Å². The van der Waals surface area contributed by atoms with Gasteiger partial charge in [0.25, 0.3) is 0 Å². The zero-order valence-corrected chi connectivity index (χ0v) is 6.94. The highest BCUT2D eigenvalue weighted by Gasteiger charge is 2.02. The molecule has 0 spiro atoms. The highest BCUT2D eigenvalue weighted by Crippen LogP contribution is 2.21. The zero-order valence-electron chi connectivity index (χ0n) is 5.29. The summed E-state index contributed by atoms with van der Waals surface area (Å²) < 4.78 is 0. The topological polar surface area (TPSA) is 26.0 Å². The van der Waals surface area contributed by atoms with E-state index < -0.39 is 5.50 Å². The maximum absolute atomic E-state index is 5.64. The Morgan fingerprint density at radius 3 is 2.40 bits per heavy atom. The second-order valence-electron chi connectivity index (χ2n) is 1.96. The molecule has 1 aromatic rings. The Hall–Kier alpha value is -0.180. The first kappa shape index (κ1) is 7.92. The van der Waals surface area contributed by atoms with Crippen molar-refractivity contribution >= 4 is 24.2 Å². The van der Waals surface area contributed by atoms with Gasteiger partial charge in [0.15, 0.2) is 0 Å². The molecular weight excluding hydrogens is 166 g/mol. The van der Waals surface area contributed by atoms with Crippen LogP contribution in [0.1, 0.15) is 11.1 Å². The number of benzene rings is 1. The van der Waals surface area contributed by atoms with Crippen LogP contribution >= 0.6 is 24.2 Å². The Bertz CT molecular complexity index is 225. The Labute approximate surface area is 70.6 Å². The smallest absolute Gasteiger partial charge is 0.107 e. The molecule has 2 N–H and O–H groups in total. The van der Waals surface area contributed by atoms with E-state index in [1.165, 1.54) is 0 Å². The highest BCUT2D eigenvalue weighted by molar-refractivity contribution is 7.80. The van der Waals surface area contributed by atoms with Crippen molar-refractivity contribution in [2.75, 3.05) is 0 Å². The third-order valence-electron chi connectivity index (χ3n) is 1.23. The van der Waals surface area contributed by atoms with Crippen LogP contribution in [-0.4, -0.2) is 0 Å². The van der Waals surface area contributed by atoms with Gasteiger partial charge in [-0.3, -0.25) is 0 Å². The van der Waals surface area contributed by atoms with E-state index in [9.17, 15) is 0 Å². The predicted octanol–water partition coefficient (Wildman–Crippen LogP) is 2.17. The first-order valence-corrected chi connectivity index (χ1v) is 3.77. The lowest BCUT2D eigenvalue weighted by Crippen LogP contribution is -2.02. The zero-order chi connectivity index (χ0) is 7.56. The van der Waals surface area contributed by atoms with Crippen LogP contribution in [0.2, 0.25) is 0 Å². The summed E-state index contributed by atoms with van der Waals surface area (Å²) in [5.74, 6) is 0. The maximum atomic E-state index is 5.64. The number of hydrogen-bond donors (Lipinski definition) is 2. The minimum absolute atomic E-state index is 0.450. The molecule has 0 saturated carbocycles. The van der Waals surface area contributed by atoms with Gasteiger partial charge in [-0.2, -0.15) is 0 Å². The van der Waals surface area contributed by atoms with Crippen LogP contribution in [-0.2, 0) is 0 Å². The summed E-state index contributed by atoms with van der Waals surface area (Å²) in [6.07, 6.45) is 0. The molecule has 0 saturated heterocycles. The van der Waals surface area contributed by atoms with Gasteiger partial charge in [-0.15, -0.1) is 24.2 Å². The Morgan fingerprint density at radius 1 is 1.40 bits per heavy atom. The molecule has 0 heterocycles. The molecule has 0 aliphatic carbocycles. The molecule has 1 aromatic carbocycles.